The molecular formula is C24H22Br2N2O6. The van der Waals surface area contributed by atoms with Crippen molar-refractivity contribution in [2.45, 2.75) is 6.54 Å². The maximum atomic E-state index is 10.9. The van der Waals surface area contributed by atoms with Crippen LogP contribution in [0.4, 0.5) is 0 Å². The van der Waals surface area contributed by atoms with Crippen molar-refractivity contribution in [3.05, 3.63) is 50.9 Å². The molecule has 0 aliphatic carbocycles. The van der Waals surface area contributed by atoms with Gasteiger partial charge in [-0.15, -0.1) is 0 Å². The zero-order chi connectivity index (χ0) is 24.6. The van der Waals surface area contributed by atoms with Gasteiger partial charge in [-0.3, -0.25) is 0 Å². The van der Waals surface area contributed by atoms with Crippen molar-refractivity contribution in [1.82, 2.24) is 9.55 Å². The smallest absolute Gasteiger partial charge is 0.168 e. The second-order valence-corrected chi connectivity index (χ2v) is 9.17. The summed E-state index contributed by atoms with van der Waals surface area (Å²) in [5.41, 5.74) is 2.36. The van der Waals surface area contributed by atoms with Crippen LogP contribution in [-0.4, -0.2) is 48.2 Å². The van der Waals surface area contributed by atoms with E-state index in [1.165, 1.54) is 14.2 Å². The number of methoxy groups -OCH3 is 4. The maximum Gasteiger partial charge on any atom is 0.168 e. The Morgan fingerprint density at radius 3 is 1.91 bits per heavy atom. The molecule has 2 N–H and O–H groups in total. The molecule has 8 nitrogen and oxygen atoms in total. The van der Waals surface area contributed by atoms with Gasteiger partial charge in [0.15, 0.2) is 34.5 Å². The quantitative estimate of drug-likeness (QED) is 0.283. The van der Waals surface area contributed by atoms with Crippen LogP contribution in [0.2, 0.25) is 0 Å². The molecule has 0 amide bonds. The number of benzene rings is 3. The predicted molar refractivity (Wildman–Crippen MR) is 136 cm³/mol. The second kappa shape index (κ2) is 9.63. The molecule has 0 atom stereocenters. The van der Waals surface area contributed by atoms with Crippen LogP contribution in [0, 0.1) is 0 Å². The zero-order valence-electron chi connectivity index (χ0n) is 18.8. The average molecular weight is 594 g/mol. The van der Waals surface area contributed by atoms with E-state index in [4.69, 9.17) is 23.9 Å². The lowest BCUT2D eigenvalue weighted by Gasteiger charge is -2.15. The molecule has 0 aliphatic rings. The van der Waals surface area contributed by atoms with Crippen molar-refractivity contribution < 1.29 is 29.2 Å². The summed E-state index contributed by atoms with van der Waals surface area (Å²) in [4.78, 5) is 4.80. The van der Waals surface area contributed by atoms with Crippen LogP contribution in [0.3, 0.4) is 0 Å². The van der Waals surface area contributed by atoms with E-state index >= 15 is 0 Å². The number of phenols is 2. The Morgan fingerprint density at radius 1 is 0.735 bits per heavy atom. The van der Waals surface area contributed by atoms with Crippen LogP contribution < -0.4 is 18.9 Å². The molecule has 0 unspecified atom stereocenters. The first-order valence-electron chi connectivity index (χ1n) is 10.1. The van der Waals surface area contributed by atoms with Gasteiger partial charge in [0, 0.05) is 26.6 Å². The average Bonchev–Trinajstić information content (AvgIpc) is 3.18. The van der Waals surface area contributed by atoms with Crippen LogP contribution in [0.15, 0.2) is 45.3 Å². The number of fused-ring (bicyclic) bond motifs is 1. The first-order valence-corrected chi connectivity index (χ1v) is 11.6. The van der Waals surface area contributed by atoms with Crippen molar-refractivity contribution in [2.24, 2.45) is 0 Å². The van der Waals surface area contributed by atoms with Crippen LogP contribution in [0.1, 0.15) is 5.56 Å². The standard InChI is InChI=1S/C24H22Br2N2O6/c1-31-18-9-16-17(10-19(18)32-2)28(11-12-5-13(25)7-20(33-3)22(12)29)24(27-16)15-6-14(26)8-21(34-4)23(15)30/h5-10,29-30H,11H2,1-4H3. The van der Waals surface area contributed by atoms with E-state index in [0.717, 1.165) is 4.47 Å². The third kappa shape index (κ3) is 4.23. The molecule has 178 valence electrons. The van der Waals surface area contributed by atoms with Gasteiger partial charge in [0.25, 0.3) is 0 Å². The Balaban J connectivity index is 2.03. The summed E-state index contributed by atoms with van der Waals surface area (Å²) in [5.74, 6) is 2.09. The fourth-order valence-corrected chi connectivity index (χ4v) is 4.71. The molecule has 10 heteroatoms. The number of imidazole rings is 1. The van der Waals surface area contributed by atoms with Crippen molar-refractivity contribution in [2.75, 3.05) is 28.4 Å². The number of halogens is 2. The predicted octanol–water partition coefficient (Wildman–Crippen LogP) is 5.72. The maximum absolute atomic E-state index is 10.9. The molecule has 3 aromatic carbocycles. The lowest BCUT2D eigenvalue weighted by atomic mass is 10.1. The molecule has 0 bridgehead atoms. The molecule has 1 heterocycles. The summed E-state index contributed by atoms with van der Waals surface area (Å²) in [6.45, 7) is 0.219. The number of hydrogen-bond acceptors (Lipinski definition) is 7. The van der Waals surface area contributed by atoms with E-state index in [-0.39, 0.29) is 18.0 Å². The van der Waals surface area contributed by atoms with E-state index in [1.54, 1.807) is 44.6 Å². The summed E-state index contributed by atoms with van der Waals surface area (Å²) in [5, 5.41) is 21.7. The topological polar surface area (TPSA) is 95.2 Å². The van der Waals surface area contributed by atoms with E-state index in [0.29, 0.717) is 55.5 Å². The van der Waals surface area contributed by atoms with Gasteiger partial charge in [-0.05, 0) is 24.3 Å². The molecule has 0 saturated carbocycles. The second-order valence-electron chi connectivity index (χ2n) is 7.34. The Bertz CT molecular complexity index is 1390. The highest BCUT2D eigenvalue weighted by molar-refractivity contribution is 9.10. The monoisotopic (exact) mass is 592 g/mol. The third-order valence-corrected chi connectivity index (χ3v) is 6.34. The summed E-state index contributed by atoms with van der Waals surface area (Å²) in [6, 6.07) is 10.5. The molecule has 4 aromatic rings. The molecule has 0 saturated heterocycles. The minimum atomic E-state index is -0.0581. The first-order chi connectivity index (χ1) is 16.3. The first kappa shape index (κ1) is 24.0. The van der Waals surface area contributed by atoms with Crippen LogP contribution in [-0.2, 0) is 6.54 Å². The minimum Gasteiger partial charge on any atom is -0.504 e. The van der Waals surface area contributed by atoms with Gasteiger partial charge in [0.1, 0.15) is 5.82 Å². The largest absolute Gasteiger partial charge is 0.504 e. The van der Waals surface area contributed by atoms with Crippen molar-refractivity contribution >= 4 is 42.9 Å². The molecule has 0 spiro atoms. The van der Waals surface area contributed by atoms with Gasteiger partial charge in [0.2, 0.25) is 0 Å². The van der Waals surface area contributed by atoms with Gasteiger partial charge in [-0.2, -0.15) is 0 Å². The lowest BCUT2D eigenvalue weighted by molar-refractivity contribution is 0.355. The SMILES string of the molecule is COc1cc2nc(-c3cc(Br)cc(OC)c3O)n(Cc3cc(Br)cc(OC)c3O)c2cc1OC. The number of rotatable bonds is 7. The number of aromatic hydroxyl groups is 2. The number of nitrogens with zero attached hydrogens (tertiary/aromatic N) is 2. The Morgan fingerprint density at radius 2 is 1.29 bits per heavy atom. The van der Waals surface area contributed by atoms with Gasteiger partial charge >= 0.3 is 0 Å². The van der Waals surface area contributed by atoms with E-state index in [1.807, 2.05) is 10.6 Å². The molecule has 4 rings (SSSR count). The van der Waals surface area contributed by atoms with Gasteiger partial charge in [-0.25, -0.2) is 4.98 Å². The molecule has 34 heavy (non-hydrogen) atoms. The number of ether oxygens (including phenoxy) is 4. The van der Waals surface area contributed by atoms with Gasteiger partial charge in [-0.1, -0.05) is 31.9 Å². The Hall–Kier alpha value is -3.11. The highest BCUT2D eigenvalue weighted by Gasteiger charge is 2.22. The van der Waals surface area contributed by atoms with Crippen molar-refractivity contribution in [1.29, 1.82) is 0 Å². The van der Waals surface area contributed by atoms with Crippen molar-refractivity contribution in [3.63, 3.8) is 0 Å². The van der Waals surface area contributed by atoms with E-state index in [2.05, 4.69) is 31.9 Å². The van der Waals surface area contributed by atoms with Crippen LogP contribution in [0.5, 0.6) is 34.5 Å². The highest BCUT2D eigenvalue weighted by Crippen LogP contribution is 2.43. The van der Waals surface area contributed by atoms with Gasteiger partial charge in [0.05, 0.1) is 51.6 Å². The van der Waals surface area contributed by atoms with Crippen molar-refractivity contribution in [3.8, 4) is 45.9 Å². The minimum absolute atomic E-state index is 0.00928. The Kier molecular flexibility index (Phi) is 6.81. The van der Waals surface area contributed by atoms with Gasteiger partial charge < -0.3 is 33.7 Å². The summed E-state index contributed by atoms with van der Waals surface area (Å²) >= 11 is 6.95. The molecule has 1 aromatic heterocycles. The third-order valence-electron chi connectivity index (χ3n) is 5.42. The van der Waals surface area contributed by atoms with E-state index < -0.39 is 0 Å². The van der Waals surface area contributed by atoms with Crippen LogP contribution in [0.25, 0.3) is 22.4 Å². The number of hydrogen-bond donors (Lipinski definition) is 2. The zero-order valence-corrected chi connectivity index (χ0v) is 22.0. The molecule has 0 radical (unpaired) electrons. The summed E-state index contributed by atoms with van der Waals surface area (Å²) in [7, 11) is 6.09. The fraction of sp³-hybridized carbons (Fsp3) is 0.208. The van der Waals surface area contributed by atoms with E-state index in [9.17, 15) is 10.2 Å². The normalized spacial score (nSPS) is 11.0. The number of phenolic OH excluding ortho intramolecular Hbond substituents is 2. The molecular weight excluding hydrogens is 572 g/mol. The fourth-order valence-electron chi connectivity index (χ4n) is 3.79. The summed E-state index contributed by atoms with van der Waals surface area (Å²) in [6.07, 6.45) is 0. The molecule has 0 aliphatic heterocycles. The van der Waals surface area contributed by atoms with Crippen LogP contribution >= 0.6 is 31.9 Å². The Labute approximate surface area is 212 Å². The lowest BCUT2D eigenvalue weighted by Crippen LogP contribution is -2.04. The summed E-state index contributed by atoms with van der Waals surface area (Å²) < 4.78 is 24.9. The molecule has 0 fully saturated rings. The highest BCUT2D eigenvalue weighted by atomic mass is 79.9. The number of aromatic nitrogens is 2.